The van der Waals surface area contributed by atoms with Crippen molar-refractivity contribution in [3.63, 3.8) is 0 Å². The van der Waals surface area contributed by atoms with Crippen molar-refractivity contribution < 1.29 is 23.5 Å². The van der Waals surface area contributed by atoms with Crippen LogP contribution in [0.15, 0.2) is 71.6 Å². The molecule has 0 bridgehead atoms. The van der Waals surface area contributed by atoms with Crippen molar-refractivity contribution in [1.82, 2.24) is 4.90 Å². The number of hydrogen-bond donors (Lipinski definition) is 0. The molecular formula is C24H14Cl2FNO4S. The van der Waals surface area contributed by atoms with Crippen LogP contribution in [0.2, 0.25) is 10.0 Å². The summed E-state index contributed by atoms with van der Waals surface area (Å²) in [6, 6.07) is 16.8. The summed E-state index contributed by atoms with van der Waals surface area (Å²) in [5, 5.41) is 0.0304. The van der Waals surface area contributed by atoms with Crippen molar-refractivity contribution in [3.8, 4) is 5.75 Å². The van der Waals surface area contributed by atoms with E-state index in [0.717, 1.165) is 4.90 Å². The number of carbonyl (C=O) groups is 3. The van der Waals surface area contributed by atoms with Gasteiger partial charge in [-0.15, -0.1) is 0 Å². The maximum absolute atomic E-state index is 14.0. The normalized spacial score (nSPS) is 14.8. The highest BCUT2D eigenvalue weighted by atomic mass is 35.5. The number of nitrogens with zero attached hydrogens (tertiary/aromatic N) is 1. The standard InChI is InChI=1S/C24H14Cl2FNO4S/c25-16-9-10-20(32-23(30)17-6-2-3-7-18(17)26)15(11-16)12-21-22(29)28(24(31)33-21)13-14-5-1-4-8-19(14)27/h1-12H,13H2/b21-12-. The van der Waals surface area contributed by atoms with Gasteiger partial charge in [-0.05, 0) is 54.2 Å². The van der Waals surface area contributed by atoms with Gasteiger partial charge >= 0.3 is 5.97 Å². The number of rotatable bonds is 5. The molecule has 0 unspecified atom stereocenters. The third kappa shape index (κ3) is 5.11. The largest absolute Gasteiger partial charge is 0.422 e. The molecule has 1 aliphatic heterocycles. The molecule has 1 heterocycles. The minimum Gasteiger partial charge on any atom is -0.422 e. The highest BCUT2D eigenvalue weighted by molar-refractivity contribution is 8.18. The van der Waals surface area contributed by atoms with Crippen LogP contribution in [-0.2, 0) is 11.3 Å². The van der Waals surface area contributed by atoms with E-state index in [2.05, 4.69) is 0 Å². The monoisotopic (exact) mass is 501 g/mol. The van der Waals surface area contributed by atoms with E-state index in [1.807, 2.05) is 0 Å². The molecule has 2 amide bonds. The predicted molar refractivity (Wildman–Crippen MR) is 126 cm³/mol. The zero-order chi connectivity index (χ0) is 23.5. The molecular weight excluding hydrogens is 488 g/mol. The van der Waals surface area contributed by atoms with E-state index in [1.165, 1.54) is 48.5 Å². The van der Waals surface area contributed by atoms with Crippen LogP contribution in [-0.4, -0.2) is 22.0 Å². The Hall–Kier alpha value is -3.13. The third-order valence-electron chi connectivity index (χ3n) is 4.71. The van der Waals surface area contributed by atoms with Crippen LogP contribution in [0.5, 0.6) is 5.75 Å². The number of benzene rings is 3. The highest BCUT2D eigenvalue weighted by Gasteiger charge is 2.35. The minimum atomic E-state index is -0.690. The van der Waals surface area contributed by atoms with E-state index in [9.17, 15) is 18.8 Å². The summed E-state index contributed by atoms with van der Waals surface area (Å²) in [5.41, 5.74) is 0.711. The fourth-order valence-corrected chi connectivity index (χ4v) is 4.30. The zero-order valence-electron chi connectivity index (χ0n) is 16.8. The van der Waals surface area contributed by atoms with Crippen molar-refractivity contribution in [1.29, 1.82) is 0 Å². The molecule has 0 spiro atoms. The van der Waals surface area contributed by atoms with E-state index in [0.29, 0.717) is 22.3 Å². The number of imide groups is 1. The van der Waals surface area contributed by atoms with E-state index >= 15 is 0 Å². The second kappa shape index (κ2) is 9.79. The van der Waals surface area contributed by atoms with Crippen LogP contribution in [0.1, 0.15) is 21.5 Å². The summed E-state index contributed by atoms with van der Waals surface area (Å²) in [4.78, 5) is 38.9. The fourth-order valence-electron chi connectivity index (χ4n) is 3.08. The Morgan fingerprint density at radius 2 is 1.76 bits per heavy atom. The molecule has 0 aliphatic carbocycles. The van der Waals surface area contributed by atoms with Crippen molar-refractivity contribution in [2.45, 2.75) is 6.54 Å². The van der Waals surface area contributed by atoms with Gasteiger partial charge in [-0.3, -0.25) is 14.5 Å². The topological polar surface area (TPSA) is 63.7 Å². The van der Waals surface area contributed by atoms with Gasteiger partial charge in [-0.2, -0.15) is 0 Å². The first-order chi connectivity index (χ1) is 15.8. The molecule has 0 atom stereocenters. The van der Waals surface area contributed by atoms with Gasteiger partial charge in [0.05, 0.1) is 22.0 Å². The second-order valence-electron chi connectivity index (χ2n) is 6.91. The number of ether oxygens (including phenoxy) is 1. The average Bonchev–Trinajstić information content (AvgIpc) is 3.04. The van der Waals surface area contributed by atoms with Gasteiger partial charge in [-0.1, -0.05) is 53.5 Å². The van der Waals surface area contributed by atoms with Crippen molar-refractivity contribution >= 4 is 58.2 Å². The lowest BCUT2D eigenvalue weighted by atomic mass is 10.1. The lowest BCUT2D eigenvalue weighted by Crippen LogP contribution is -2.27. The lowest BCUT2D eigenvalue weighted by molar-refractivity contribution is -0.123. The molecule has 0 saturated carbocycles. The van der Waals surface area contributed by atoms with Crippen LogP contribution < -0.4 is 4.74 Å². The first kappa shape index (κ1) is 23.0. The number of hydrogen-bond acceptors (Lipinski definition) is 5. The maximum Gasteiger partial charge on any atom is 0.345 e. The fraction of sp³-hybridized carbons (Fsp3) is 0.0417. The van der Waals surface area contributed by atoms with Crippen LogP contribution in [0.4, 0.5) is 9.18 Å². The molecule has 1 saturated heterocycles. The quantitative estimate of drug-likeness (QED) is 0.224. The van der Waals surface area contributed by atoms with Gasteiger partial charge in [0.15, 0.2) is 0 Å². The number of esters is 1. The Bertz CT molecular complexity index is 1310. The average molecular weight is 502 g/mol. The molecule has 0 N–H and O–H groups in total. The van der Waals surface area contributed by atoms with Crippen LogP contribution in [0.25, 0.3) is 6.08 Å². The first-order valence-corrected chi connectivity index (χ1v) is 11.2. The molecule has 0 radical (unpaired) electrons. The second-order valence-corrected chi connectivity index (χ2v) is 8.75. The third-order valence-corrected chi connectivity index (χ3v) is 6.19. The maximum atomic E-state index is 14.0. The Kier molecular flexibility index (Phi) is 6.83. The molecule has 3 aromatic carbocycles. The lowest BCUT2D eigenvalue weighted by Gasteiger charge is -2.13. The Morgan fingerprint density at radius 1 is 1.03 bits per heavy atom. The van der Waals surface area contributed by atoms with E-state index < -0.39 is 22.9 Å². The molecule has 5 nitrogen and oxygen atoms in total. The minimum absolute atomic E-state index is 0.0913. The first-order valence-electron chi connectivity index (χ1n) is 9.58. The summed E-state index contributed by atoms with van der Waals surface area (Å²) in [5.74, 6) is -1.66. The highest BCUT2D eigenvalue weighted by Crippen LogP contribution is 2.36. The molecule has 166 valence electrons. The summed E-state index contributed by atoms with van der Waals surface area (Å²) < 4.78 is 19.5. The van der Waals surface area contributed by atoms with Gasteiger partial charge in [0.2, 0.25) is 0 Å². The molecule has 4 rings (SSSR count). The summed E-state index contributed by atoms with van der Waals surface area (Å²) >= 11 is 12.9. The van der Waals surface area contributed by atoms with Gasteiger partial charge in [-0.25, -0.2) is 9.18 Å². The summed E-state index contributed by atoms with van der Waals surface area (Å²) in [6.07, 6.45) is 1.41. The van der Waals surface area contributed by atoms with E-state index in [-0.39, 0.29) is 33.3 Å². The summed E-state index contributed by atoms with van der Waals surface area (Å²) in [7, 11) is 0. The summed E-state index contributed by atoms with van der Waals surface area (Å²) in [6.45, 7) is -0.196. The number of amides is 2. The zero-order valence-corrected chi connectivity index (χ0v) is 19.1. The molecule has 33 heavy (non-hydrogen) atoms. The molecule has 0 aromatic heterocycles. The SMILES string of the molecule is O=C(Oc1ccc(Cl)cc1/C=C1\SC(=O)N(Cc2ccccc2F)C1=O)c1ccccc1Cl. The number of carbonyl (C=O) groups excluding carboxylic acids is 3. The van der Waals surface area contributed by atoms with Gasteiger partial charge < -0.3 is 4.74 Å². The van der Waals surface area contributed by atoms with Crippen LogP contribution >= 0.6 is 35.0 Å². The van der Waals surface area contributed by atoms with Crippen molar-refractivity contribution in [3.05, 3.63) is 104 Å². The molecule has 1 aliphatic rings. The Balaban J connectivity index is 1.61. The van der Waals surface area contributed by atoms with Crippen LogP contribution in [0, 0.1) is 5.82 Å². The molecule has 3 aromatic rings. The van der Waals surface area contributed by atoms with Gasteiger partial charge in [0.1, 0.15) is 11.6 Å². The van der Waals surface area contributed by atoms with Gasteiger partial charge in [0, 0.05) is 16.1 Å². The molecule has 9 heteroatoms. The molecule has 1 fully saturated rings. The van der Waals surface area contributed by atoms with E-state index in [4.69, 9.17) is 27.9 Å². The number of halogens is 3. The Labute approximate surface area is 202 Å². The van der Waals surface area contributed by atoms with Crippen molar-refractivity contribution in [2.24, 2.45) is 0 Å². The van der Waals surface area contributed by atoms with Gasteiger partial charge in [0.25, 0.3) is 11.1 Å². The van der Waals surface area contributed by atoms with Crippen LogP contribution in [0.3, 0.4) is 0 Å². The Morgan fingerprint density at radius 3 is 2.52 bits per heavy atom. The smallest absolute Gasteiger partial charge is 0.345 e. The number of thioether (sulfide) groups is 1. The van der Waals surface area contributed by atoms with Crippen molar-refractivity contribution in [2.75, 3.05) is 0 Å². The predicted octanol–water partition coefficient (Wildman–Crippen LogP) is 6.59. The van der Waals surface area contributed by atoms with E-state index in [1.54, 1.807) is 24.3 Å².